The Morgan fingerprint density at radius 3 is 2.25 bits per heavy atom. The molecular weight excluding hydrogens is 305 g/mol. The molecule has 0 spiro atoms. The van der Waals surface area contributed by atoms with Gasteiger partial charge in [0.25, 0.3) is 5.91 Å². The molecule has 0 radical (unpaired) electrons. The number of halogens is 1. The third kappa shape index (κ3) is 3.06. The van der Waals surface area contributed by atoms with E-state index in [2.05, 4.69) is 5.10 Å². The summed E-state index contributed by atoms with van der Waals surface area (Å²) in [6.07, 6.45) is 1.82. The highest BCUT2D eigenvalue weighted by Crippen LogP contribution is 2.25. The van der Waals surface area contributed by atoms with Gasteiger partial charge >= 0.3 is 0 Å². The summed E-state index contributed by atoms with van der Waals surface area (Å²) in [4.78, 5) is 14.6. The molecule has 0 unspecified atom stereocenters. The van der Waals surface area contributed by atoms with Crippen molar-refractivity contribution in [3.8, 4) is 0 Å². The monoisotopic (exact) mass is 323 g/mol. The fourth-order valence-corrected chi connectivity index (χ4v) is 2.48. The molecule has 0 saturated carbocycles. The van der Waals surface area contributed by atoms with E-state index in [1.54, 1.807) is 19.1 Å². The molecule has 3 rings (SSSR count). The molecule has 5 heteroatoms. The standard InChI is InChI=1S/C19H18FN3O/c1-13-18(12-14-4-8-16(9-5-14)22(2)3)19(24)23(21-13)17-10-6-15(20)7-11-17/h4-12H,1-3H3/b18-12+. The van der Waals surface area contributed by atoms with Crippen molar-refractivity contribution in [1.82, 2.24) is 0 Å². The maximum Gasteiger partial charge on any atom is 0.280 e. The van der Waals surface area contributed by atoms with Gasteiger partial charge in [0.05, 0.1) is 17.0 Å². The minimum absolute atomic E-state index is 0.212. The number of carbonyl (C=O) groups excluding carboxylic acids is 1. The Kier molecular flexibility index (Phi) is 4.16. The van der Waals surface area contributed by atoms with Crippen LogP contribution in [0.15, 0.2) is 59.2 Å². The predicted molar refractivity (Wildman–Crippen MR) is 95.7 cm³/mol. The van der Waals surface area contributed by atoms with Gasteiger partial charge in [-0.05, 0) is 55.0 Å². The Morgan fingerprint density at radius 1 is 1.04 bits per heavy atom. The van der Waals surface area contributed by atoms with Crippen molar-refractivity contribution in [3.05, 3.63) is 65.5 Å². The first-order valence-corrected chi connectivity index (χ1v) is 7.60. The van der Waals surface area contributed by atoms with Crippen LogP contribution in [0.3, 0.4) is 0 Å². The molecule has 0 aliphatic carbocycles. The number of benzene rings is 2. The molecule has 0 N–H and O–H groups in total. The molecule has 0 aromatic heterocycles. The molecule has 2 aromatic carbocycles. The fraction of sp³-hybridized carbons (Fsp3) is 0.158. The highest BCUT2D eigenvalue weighted by molar-refractivity contribution is 6.32. The Hall–Kier alpha value is -2.95. The van der Waals surface area contributed by atoms with Gasteiger partial charge in [0.15, 0.2) is 0 Å². The highest BCUT2D eigenvalue weighted by atomic mass is 19.1. The summed E-state index contributed by atoms with van der Waals surface area (Å²) in [5, 5.41) is 5.59. The number of hydrogen-bond donors (Lipinski definition) is 0. The maximum absolute atomic E-state index is 13.0. The molecule has 24 heavy (non-hydrogen) atoms. The summed E-state index contributed by atoms with van der Waals surface area (Å²) in [5.41, 5.74) is 3.75. The van der Waals surface area contributed by atoms with E-state index < -0.39 is 0 Å². The summed E-state index contributed by atoms with van der Waals surface area (Å²) < 4.78 is 13.0. The molecule has 2 aromatic rings. The van der Waals surface area contributed by atoms with E-state index in [-0.39, 0.29) is 11.7 Å². The van der Waals surface area contributed by atoms with E-state index in [0.717, 1.165) is 11.3 Å². The smallest absolute Gasteiger partial charge is 0.280 e. The van der Waals surface area contributed by atoms with E-state index >= 15 is 0 Å². The number of anilines is 2. The predicted octanol–water partition coefficient (Wildman–Crippen LogP) is 3.70. The van der Waals surface area contributed by atoms with Gasteiger partial charge in [-0.15, -0.1) is 0 Å². The first kappa shape index (κ1) is 15.9. The van der Waals surface area contributed by atoms with Crippen molar-refractivity contribution in [2.45, 2.75) is 6.92 Å². The molecule has 1 heterocycles. The van der Waals surface area contributed by atoms with Gasteiger partial charge in [-0.3, -0.25) is 4.79 Å². The third-order valence-corrected chi connectivity index (χ3v) is 3.85. The number of hydrogen-bond acceptors (Lipinski definition) is 3. The molecule has 1 aliphatic heterocycles. The number of hydrazone groups is 1. The first-order valence-electron chi connectivity index (χ1n) is 7.60. The summed E-state index contributed by atoms with van der Waals surface area (Å²) >= 11 is 0. The first-order chi connectivity index (χ1) is 11.5. The lowest BCUT2D eigenvalue weighted by Gasteiger charge is -2.12. The Labute approximate surface area is 140 Å². The van der Waals surface area contributed by atoms with Crippen LogP contribution >= 0.6 is 0 Å². The largest absolute Gasteiger partial charge is 0.378 e. The van der Waals surface area contributed by atoms with E-state index in [1.807, 2.05) is 49.3 Å². The summed E-state index contributed by atoms with van der Waals surface area (Å²) in [5.74, 6) is -0.557. The second kappa shape index (κ2) is 6.28. The van der Waals surface area contributed by atoms with E-state index in [0.29, 0.717) is 17.0 Å². The zero-order valence-electron chi connectivity index (χ0n) is 13.8. The summed E-state index contributed by atoms with van der Waals surface area (Å²) in [7, 11) is 3.96. The second-order valence-electron chi connectivity index (χ2n) is 5.82. The quantitative estimate of drug-likeness (QED) is 0.808. The summed E-state index contributed by atoms with van der Waals surface area (Å²) in [6.45, 7) is 1.79. The highest BCUT2D eigenvalue weighted by Gasteiger charge is 2.28. The molecule has 0 bridgehead atoms. The molecule has 1 amide bonds. The van der Waals surface area contributed by atoms with E-state index in [9.17, 15) is 9.18 Å². The van der Waals surface area contributed by atoms with Gasteiger partial charge in [0, 0.05) is 19.8 Å². The zero-order chi connectivity index (χ0) is 17.3. The molecule has 1 aliphatic rings. The number of rotatable bonds is 3. The lowest BCUT2D eigenvalue weighted by molar-refractivity contribution is -0.114. The van der Waals surface area contributed by atoms with Gasteiger partial charge in [-0.2, -0.15) is 10.1 Å². The van der Waals surface area contributed by atoms with Crippen LogP contribution in [0, 0.1) is 5.82 Å². The van der Waals surface area contributed by atoms with Crippen molar-refractivity contribution < 1.29 is 9.18 Å². The lowest BCUT2D eigenvalue weighted by Crippen LogP contribution is -2.21. The molecule has 0 atom stereocenters. The van der Waals surface area contributed by atoms with Crippen LogP contribution in [-0.4, -0.2) is 25.7 Å². The Morgan fingerprint density at radius 2 is 1.67 bits per heavy atom. The van der Waals surface area contributed by atoms with Crippen molar-refractivity contribution in [1.29, 1.82) is 0 Å². The van der Waals surface area contributed by atoms with Crippen LogP contribution in [0.1, 0.15) is 12.5 Å². The second-order valence-corrected chi connectivity index (χ2v) is 5.82. The lowest BCUT2D eigenvalue weighted by atomic mass is 10.1. The number of carbonyl (C=O) groups is 1. The average molecular weight is 323 g/mol. The van der Waals surface area contributed by atoms with E-state index in [1.165, 1.54) is 17.1 Å². The number of nitrogens with zero attached hydrogens (tertiary/aromatic N) is 3. The summed E-state index contributed by atoms with van der Waals surface area (Å²) in [6, 6.07) is 13.6. The van der Waals surface area contributed by atoms with Crippen LogP contribution in [0.2, 0.25) is 0 Å². The SMILES string of the molecule is CC1=NN(c2ccc(F)cc2)C(=O)/C1=C/c1ccc(N(C)C)cc1. The van der Waals surface area contributed by atoms with Crippen LogP contribution in [0.25, 0.3) is 6.08 Å². The minimum atomic E-state index is -0.345. The third-order valence-electron chi connectivity index (χ3n) is 3.85. The van der Waals surface area contributed by atoms with Gasteiger partial charge in [-0.25, -0.2) is 4.39 Å². The van der Waals surface area contributed by atoms with Gasteiger partial charge < -0.3 is 4.90 Å². The fourth-order valence-electron chi connectivity index (χ4n) is 2.48. The van der Waals surface area contributed by atoms with Gasteiger partial charge in [-0.1, -0.05) is 12.1 Å². The maximum atomic E-state index is 13.0. The Balaban J connectivity index is 1.88. The van der Waals surface area contributed by atoms with Gasteiger partial charge in [0.2, 0.25) is 0 Å². The van der Waals surface area contributed by atoms with Crippen molar-refractivity contribution in [2.75, 3.05) is 24.0 Å². The molecule has 4 nitrogen and oxygen atoms in total. The molecule has 122 valence electrons. The molecule has 0 fully saturated rings. The van der Waals surface area contributed by atoms with Crippen molar-refractivity contribution in [2.24, 2.45) is 5.10 Å². The molecule has 0 saturated heterocycles. The average Bonchev–Trinajstić information content (AvgIpc) is 2.84. The van der Waals surface area contributed by atoms with Gasteiger partial charge in [0.1, 0.15) is 5.82 Å². The number of amides is 1. The Bertz CT molecular complexity index is 821. The van der Waals surface area contributed by atoms with Crippen LogP contribution in [0.5, 0.6) is 0 Å². The van der Waals surface area contributed by atoms with Crippen LogP contribution < -0.4 is 9.91 Å². The zero-order valence-corrected chi connectivity index (χ0v) is 13.8. The topological polar surface area (TPSA) is 35.9 Å². The van der Waals surface area contributed by atoms with Crippen molar-refractivity contribution in [3.63, 3.8) is 0 Å². The van der Waals surface area contributed by atoms with Crippen molar-refractivity contribution >= 4 is 29.1 Å². The van der Waals surface area contributed by atoms with Crippen LogP contribution in [-0.2, 0) is 4.79 Å². The van der Waals surface area contributed by atoms with E-state index in [4.69, 9.17) is 0 Å². The van der Waals surface area contributed by atoms with Crippen LogP contribution in [0.4, 0.5) is 15.8 Å². The minimum Gasteiger partial charge on any atom is -0.378 e. The normalized spacial score (nSPS) is 15.8. The molecular formula is C19H18FN3O.